The molecule has 0 radical (unpaired) electrons. The summed E-state index contributed by atoms with van der Waals surface area (Å²) in [6.45, 7) is 4.40. The van der Waals surface area contributed by atoms with Gasteiger partial charge in [-0.1, -0.05) is 54.6 Å². The maximum atomic E-state index is 12.0. The fourth-order valence-electron chi connectivity index (χ4n) is 4.76. The van der Waals surface area contributed by atoms with E-state index >= 15 is 0 Å². The van der Waals surface area contributed by atoms with Crippen LogP contribution in [-0.4, -0.2) is 48.3 Å². The summed E-state index contributed by atoms with van der Waals surface area (Å²) in [6, 6.07) is 19.3. The minimum atomic E-state index is 0. The number of hydrogen-bond acceptors (Lipinski definition) is 2. The Bertz CT molecular complexity index is 894. The molecule has 4 rings (SSSR count). The van der Waals surface area contributed by atoms with Gasteiger partial charge in [-0.05, 0) is 48.3 Å². The maximum absolute atomic E-state index is 12.0. The first kappa shape index (κ1) is 24.6. The predicted octanol–water partition coefficient (Wildman–Crippen LogP) is 4.46. The zero-order valence-electron chi connectivity index (χ0n) is 19.0. The van der Waals surface area contributed by atoms with Gasteiger partial charge in [0.05, 0.1) is 0 Å². The molecular weight excluding hydrogens is 511 g/mol. The van der Waals surface area contributed by atoms with Gasteiger partial charge in [0.15, 0.2) is 5.96 Å². The van der Waals surface area contributed by atoms with E-state index in [4.69, 9.17) is 0 Å². The average Bonchev–Trinajstić information content (AvgIpc) is 3.21. The first-order valence-corrected chi connectivity index (χ1v) is 11.6. The van der Waals surface area contributed by atoms with Crippen LogP contribution in [0.4, 0.5) is 0 Å². The molecule has 1 N–H and O–H groups in total. The van der Waals surface area contributed by atoms with E-state index in [1.807, 2.05) is 11.9 Å². The van der Waals surface area contributed by atoms with Gasteiger partial charge in [-0.25, -0.2) is 0 Å². The number of nitrogens with zero attached hydrogens (tertiary/aromatic N) is 3. The summed E-state index contributed by atoms with van der Waals surface area (Å²) < 4.78 is 0. The number of aliphatic imine (C=N–C) groups is 1. The zero-order chi connectivity index (χ0) is 21.5. The Labute approximate surface area is 209 Å². The van der Waals surface area contributed by atoms with Gasteiger partial charge in [-0.2, -0.15) is 0 Å². The highest BCUT2D eigenvalue weighted by Gasteiger charge is 2.23. The van der Waals surface area contributed by atoms with E-state index in [2.05, 4.69) is 69.8 Å². The highest BCUT2D eigenvalue weighted by molar-refractivity contribution is 14.0. The van der Waals surface area contributed by atoms with Crippen molar-refractivity contribution in [3.8, 4) is 0 Å². The molecule has 0 aromatic heterocycles. The third kappa shape index (κ3) is 6.47. The Morgan fingerprint density at radius 3 is 2.34 bits per heavy atom. The predicted molar refractivity (Wildman–Crippen MR) is 141 cm³/mol. The van der Waals surface area contributed by atoms with Crippen molar-refractivity contribution in [2.24, 2.45) is 10.9 Å². The quantitative estimate of drug-likeness (QED) is 0.331. The van der Waals surface area contributed by atoms with Crippen molar-refractivity contribution in [3.05, 3.63) is 71.3 Å². The lowest BCUT2D eigenvalue weighted by atomic mass is 9.90. The minimum absolute atomic E-state index is 0. The van der Waals surface area contributed by atoms with Crippen LogP contribution in [0.3, 0.4) is 0 Å². The van der Waals surface area contributed by atoms with Gasteiger partial charge in [-0.15, -0.1) is 24.0 Å². The number of piperidine rings is 1. The molecule has 0 bridgehead atoms. The first-order valence-electron chi connectivity index (χ1n) is 11.6. The normalized spacial score (nSPS) is 17.4. The number of benzene rings is 2. The van der Waals surface area contributed by atoms with Gasteiger partial charge in [-0.3, -0.25) is 9.79 Å². The van der Waals surface area contributed by atoms with Crippen LogP contribution in [0.15, 0.2) is 59.6 Å². The molecule has 0 unspecified atom stereocenters. The van der Waals surface area contributed by atoms with E-state index in [0.29, 0.717) is 13.0 Å². The van der Waals surface area contributed by atoms with Crippen molar-refractivity contribution in [1.82, 2.24) is 15.1 Å². The van der Waals surface area contributed by atoms with E-state index in [1.165, 1.54) is 36.0 Å². The van der Waals surface area contributed by atoms with Gasteiger partial charge in [0.1, 0.15) is 0 Å². The van der Waals surface area contributed by atoms with E-state index in [1.54, 1.807) is 0 Å². The van der Waals surface area contributed by atoms with E-state index in [0.717, 1.165) is 44.5 Å². The fraction of sp³-hybridized carbons (Fsp3) is 0.462. The van der Waals surface area contributed by atoms with Crippen molar-refractivity contribution < 1.29 is 4.79 Å². The lowest BCUT2D eigenvalue weighted by molar-refractivity contribution is -0.128. The number of rotatable bonds is 6. The average molecular weight is 546 g/mol. The Balaban J connectivity index is 0.00000289. The lowest BCUT2D eigenvalue weighted by Crippen LogP contribution is -2.45. The third-order valence-corrected chi connectivity index (χ3v) is 6.58. The largest absolute Gasteiger partial charge is 0.352 e. The summed E-state index contributed by atoms with van der Waals surface area (Å²) in [5.41, 5.74) is 3.90. The molecule has 0 saturated carbocycles. The maximum Gasteiger partial charge on any atom is 0.222 e. The van der Waals surface area contributed by atoms with Crippen LogP contribution in [0.2, 0.25) is 0 Å². The molecule has 2 aliphatic heterocycles. The molecule has 5 nitrogen and oxygen atoms in total. The number of amides is 1. The summed E-state index contributed by atoms with van der Waals surface area (Å²) in [4.78, 5) is 20.9. The van der Waals surface area contributed by atoms with Crippen LogP contribution < -0.4 is 5.32 Å². The van der Waals surface area contributed by atoms with Gasteiger partial charge >= 0.3 is 0 Å². The van der Waals surface area contributed by atoms with E-state index in [-0.39, 0.29) is 29.9 Å². The highest BCUT2D eigenvalue weighted by atomic mass is 127. The number of likely N-dealkylation sites (tertiary alicyclic amines) is 2. The molecule has 1 amide bonds. The topological polar surface area (TPSA) is 47.9 Å². The summed E-state index contributed by atoms with van der Waals surface area (Å²) in [7, 11) is 1.87. The first-order chi connectivity index (χ1) is 15.2. The molecule has 2 fully saturated rings. The highest BCUT2D eigenvalue weighted by Crippen LogP contribution is 2.22. The van der Waals surface area contributed by atoms with Gasteiger partial charge in [0, 0.05) is 46.2 Å². The lowest BCUT2D eigenvalue weighted by Gasteiger charge is -2.34. The Hall–Kier alpha value is -2.09. The number of carbonyl (C=O) groups is 1. The summed E-state index contributed by atoms with van der Waals surface area (Å²) in [5.74, 6) is 2.00. The molecule has 0 atom stereocenters. The molecule has 2 heterocycles. The standard InChI is InChI=1S/C26H34N4O.HI/c1-27-26(29-16-13-22(14-17-29)18-21-8-3-2-4-9-21)28-19-23-10-5-6-11-24(23)20-30-15-7-12-25(30)31;/h2-6,8-11,22H,7,12-20H2,1H3,(H,27,28);1H. The van der Waals surface area contributed by atoms with Gasteiger partial charge in [0.2, 0.25) is 5.91 Å². The number of hydrogen-bond donors (Lipinski definition) is 1. The van der Waals surface area contributed by atoms with Gasteiger partial charge in [0.25, 0.3) is 0 Å². The van der Waals surface area contributed by atoms with Crippen LogP contribution in [0.25, 0.3) is 0 Å². The fourth-order valence-corrected chi connectivity index (χ4v) is 4.76. The smallest absolute Gasteiger partial charge is 0.222 e. The van der Waals surface area contributed by atoms with Crippen molar-refractivity contribution in [2.45, 2.75) is 45.2 Å². The second kappa shape index (κ2) is 12.2. The monoisotopic (exact) mass is 546 g/mol. The van der Waals surface area contributed by atoms with Crippen molar-refractivity contribution >= 4 is 35.8 Å². The van der Waals surface area contributed by atoms with Crippen LogP contribution in [-0.2, 0) is 24.3 Å². The summed E-state index contributed by atoms with van der Waals surface area (Å²) in [6.07, 6.45) is 5.23. The molecule has 32 heavy (non-hydrogen) atoms. The zero-order valence-corrected chi connectivity index (χ0v) is 21.3. The molecule has 0 spiro atoms. The van der Waals surface area contributed by atoms with Crippen LogP contribution in [0, 0.1) is 5.92 Å². The van der Waals surface area contributed by atoms with E-state index < -0.39 is 0 Å². The Morgan fingerprint density at radius 2 is 1.69 bits per heavy atom. The number of carbonyl (C=O) groups excluding carboxylic acids is 1. The third-order valence-electron chi connectivity index (χ3n) is 6.58. The summed E-state index contributed by atoms with van der Waals surface area (Å²) >= 11 is 0. The second-order valence-corrected chi connectivity index (χ2v) is 8.71. The van der Waals surface area contributed by atoms with Gasteiger partial charge < -0.3 is 15.1 Å². The molecule has 2 aliphatic rings. The number of guanidine groups is 1. The van der Waals surface area contributed by atoms with Crippen LogP contribution >= 0.6 is 24.0 Å². The minimum Gasteiger partial charge on any atom is -0.352 e. The summed E-state index contributed by atoms with van der Waals surface area (Å²) in [5, 5.41) is 3.57. The van der Waals surface area contributed by atoms with E-state index in [9.17, 15) is 4.79 Å². The van der Waals surface area contributed by atoms with Crippen molar-refractivity contribution in [1.29, 1.82) is 0 Å². The molecule has 2 aromatic rings. The number of nitrogens with one attached hydrogen (secondary N) is 1. The number of halogens is 1. The Morgan fingerprint density at radius 1 is 1.00 bits per heavy atom. The molecule has 6 heteroatoms. The van der Waals surface area contributed by atoms with Crippen LogP contribution in [0.1, 0.15) is 42.4 Å². The molecule has 2 aromatic carbocycles. The molecule has 0 aliphatic carbocycles. The van der Waals surface area contributed by atoms with Crippen LogP contribution in [0.5, 0.6) is 0 Å². The Kier molecular flexibility index (Phi) is 9.38. The van der Waals surface area contributed by atoms with Crippen molar-refractivity contribution in [2.75, 3.05) is 26.7 Å². The SMILES string of the molecule is CN=C(NCc1ccccc1CN1CCCC1=O)N1CCC(Cc2ccccc2)CC1.I. The second-order valence-electron chi connectivity index (χ2n) is 8.71. The van der Waals surface area contributed by atoms with Crippen molar-refractivity contribution in [3.63, 3.8) is 0 Å². The molecule has 2 saturated heterocycles. The molecular formula is C26H35IN4O. The molecule has 172 valence electrons.